The van der Waals surface area contributed by atoms with Crippen LogP contribution < -0.4 is 21.3 Å². The molecule has 1 N–H and O–H groups in total. The van der Waals surface area contributed by atoms with Gasteiger partial charge in [-0.15, -0.1) is 0 Å². The van der Waals surface area contributed by atoms with Crippen molar-refractivity contribution in [2.75, 3.05) is 7.11 Å². The van der Waals surface area contributed by atoms with Gasteiger partial charge in [-0.2, -0.15) is 0 Å². The van der Waals surface area contributed by atoms with Crippen molar-refractivity contribution in [3.8, 4) is 5.75 Å². The molecule has 0 radical (unpaired) electrons. The summed E-state index contributed by atoms with van der Waals surface area (Å²) in [5.41, 5.74) is -0.256. The quantitative estimate of drug-likeness (QED) is 0.643. The fourth-order valence-electron chi connectivity index (χ4n) is 4.03. The van der Waals surface area contributed by atoms with Crippen LogP contribution in [0, 0.1) is 0 Å². The Kier molecular flexibility index (Phi) is 6.11. The van der Waals surface area contributed by atoms with Gasteiger partial charge in [-0.25, -0.2) is 14.8 Å². The molecule has 0 bridgehead atoms. The highest BCUT2D eigenvalue weighted by Crippen LogP contribution is 2.17. The SMILES string of the molecule is COc1cccc(Cn2c(=O)c3nccnc3n(CC(=O)NC3CCCCC3)c2=O)c1. The van der Waals surface area contributed by atoms with Crippen molar-refractivity contribution in [2.45, 2.75) is 51.2 Å². The van der Waals surface area contributed by atoms with Gasteiger partial charge in [0.05, 0.1) is 13.7 Å². The molecule has 1 aromatic carbocycles. The summed E-state index contributed by atoms with van der Waals surface area (Å²) in [6.45, 7) is -0.186. The average molecular weight is 423 g/mol. The van der Waals surface area contributed by atoms with E-state index in [9.17, 15) is 14.4 Å². The summed E-state index contributed by atoms with van der Waals surface area (Å²) in [7, 11) is 1.55. The minimum atomic E-state index is -0.598. The minimum Gasteiger partial charge on any atom is -0.497 e. The van der Waals surface area contributed by atoms with Gasteiger partial charge >= 0.3 is 5.69 Å². The zero-order valence-electron chi connectivity index (χ0n) is 17.4. The predicted molar refractivity (Wildman–Crippen MR) is 115 cm³/mol. The van der Waals surface area contributed by atoms with Crippen LogP contribution in [0.25, 0.3) is 11.2 Å². The van der Waals surface area contributed by atoms with Crippen molar-refractivity contribution in [3.63, 3.8) is 0 Å². The molecule has 1 aliphatic rings. The van der Waals surface area contributed by atoms with Gasteiger partial charge in [0.15, 0.2) is 11.2 Å². The highest BCUT2D eigenvalue weighted by atomic mass is 16.5. The van der Waals surface area contributed by atoms with Crippen LogP contribution in [0.1, 0.15) is 37.7 Å². The fourth-order valence-corrected chi connectivity index (χ4v) is 4.03. The number of hydrogen-bond donors (Lipinski definition) is 1. The standard InChI is InChI=1S/C22H25N5O4/c1-31-17-9-5-6-15(12-17)13-27-21(29)19-20(24-11-10-23-19)26(22(27)30)14-18(28)25-16-7-3-2-4-8-16/h5-6,9-12,16H,2-4,7-8,13-14H2,1H3,(H,25,28). The molecule has 31 heavy (non-hydrogen) atoms. The zero-order valence-corrected chi connectivity index (χ0v) is 17.4. The van der Waals surface area contributed by atoms with E-state index in [0.29, 0.717) is 5.75 Å². The molecule has 9 nitrogen and oxygen atoms in total. The molecule has 4 rings (SSSR count). The smallest absolute Gasteiger partial charge is 0.333 e. The van der Waals surface area contributed by atoms with Gasteiger partial charge in [0.2, 0.25) is 5.91 Å². The van der Waals surface area contributed by atoms with Gasteiger partial charge < -0.3 is 10.1 Å². The number of carbonyl (C=O) groups excluding carboxylic acids is 1. The molecule has 1 aliphatic carbocycles. The van der Waals surface area contributed by atoms with Gasteiger partial charge in [0.1, 0.15) is 12.3 Å². The second-order valence-corrected chi connectivity index (χ2v) is 7.74. The summed E-state index contributed by atoms with van der Waals surface area (Å²) in [6, 6.07) is 7.25. The van der Waals surface area contributed by atoms with Crippen molar-refractivity contribution < 1.29 is 9.53 Å². The number of methoxy groups -OCH3 is 1. The molecule has 2 heterocycles. The van der Waals surface area contributed by atoms with Crippen LogP contribution in [0.4, 0.5) is 0 Å². The number of rotatable bonds is 6. The van der Waals surface area contributed by atoms with Crippen LogP contribution in [0.15, 0.2) is 46.2 Å². The molecule has 3 aromatic rings. The van der Waals surface area contributed by atoms with Gasteiger partial charge in [-0.05, 0) is 30.5 Å². The minimum absolute atomic E-state index is 0.0334. The van der Waals surface area contributed by atoms with E-state index < -0.39 is 11.2 Å². The van der Waals surface area contributed by atoms with Gasteiger partial charge in [-0.3, -0.25) is 18.7 Å². The molecule has 0 spiro atoms. The second-order valence-electron chi connectivity index (χ2n) is 7.74. The topological polar surface area (TPSA) is 108 Å². The lowest BCUT2D eigenvalue weighted by Crippen LogP contribution is -2.45. The first-order valence-electron chi connectivity index (χ1n) is 10.4. The summed E-state index contributed by atoms with van der Waals surface area (Å²) in [6.07, 6.45) is 8.05. The van der Waals surface area contributed by atoms with E-state index in [1.807, 2.05) is 0 Å². The maximum atomic E-state index is 13.2. The summed E-state index contributed by atoms with van der Waals surface area (Å²) in [4.78, 5) is 47.2. The molecule has 1 amide bonds. The molecule has 0 atom stereocenters. The number of benzene rings is 1. The van der Waals surface area contributed by atoms with Crippen molar-refractivity contribution in [1.82, 2.24) is 24.4 Å². The molecule has 162 valence electrons. The van der Waals surface area contributed by atoms with E-state index in [-0.39, 0.29) is 36.2 Å². The maximum absolute atomic E-state index is 13.2. The number of amides is 1. The third-order valence-electron chi connectivity index (χ3n) is 5.59. The highest BCUT2D eigenvalue weighted by molar-refractivity contribution is 5.78. The van der Waals surface area contributed by atoms with Gasteiger partial charge in [0, 0.05) is 18.4 Å². The first-order valence-corrected chi connectivity index (χ1v) is 10.4. The predicted octanol–water partition coefficient (Wildman–Crippen LogP) is 1.46. The number of hydrogen-bond acceptors (Lipinski definition) is 6. The third kappa shape index (κ3) is 4.50. The normalized spacial score (nSPS) is 14.5. The Balaban J connectivity index is 1.71. The number of carbonyl (C=O) groups is 1. The number of ether oxygens (including phenoxy) is 1. The Morgan fingerprint density at radius 2 is 1.90 bits per heavy atom. The summed E-state index contributed by atoms with van der Waals surface area (Å²) >= 11 is 0. The van der Waals surface area contributed by atoms with Crippen molar-refractivity contribution in [1.29, 1.82) is 0 Å². The number of aromatic nitrogens is 4. The largest absolute Gasteiger partial charge is 0.497 e. The second kappa shape index (κ2) is 9.11. The van der Waals surface area contributed by atoms with E-state index >= 15 is 0 Å². The summed E-state index contributed by atoms with van der Waals surface area (Å²) in [5, 5.41) is 3.01. The average Bonchev–Trinajstić information content (AvgIpc) is 2.80. The van der Waals surface area contributed by atoms with E-state index in [2.05, 4.69) is 15.3 Å². The number of nitrogens with one attached hydrogen (secondary N) is 1. The summed E-state index contributed by atoms with van der Waals surface area (Å²) < 4.78 is 7.53. The summed E-state index contributed by atoms with van der Waals surface area (Å²) in [5.74, 6) is 0.353. The fraction of sp³-hybridized carbons (Fsp3) is 0.409. The van der Waals surface area contributed by atoms with Crippen LogP contribution in [0.3, 0.4) is 0 Å². The Morgan fingerprint density at radius 1 is 1.13 bits per heavy atom. The molecular formula is C22H25N5O4. The molecule has 9 heteroatoms. The monoisotopic (exact) mass is 423 g/mol. The Hall–Kier alpha value is -3.49. The first kappa shape index (κ1) is 20.8. The molecule has 0 aliphatic heterocycles. The van der Waals surface area contributed by atoms with Crippen LogP contribution in [-0.4, -0.2) is 38.2 Å². The zero-order chi connectivity index (χ0) is 21.8. The van der Waals surface area contributed by atoms with Crippen molar-refractivity contribution in [2.24, 2.45) is 0 Å². The lowest BCUT2D eigenvalue weighted by Gasteiger charge is -2.23. The number of nitrogens with zero attached hydrogens (tertiary/aromatic N) is 4. The van der Waals surface area contributed by atoms with E-state index in [1.54, 1.807) is 31.4 Å². The van der Waals surface area contributed by atoms with Crippen LogP contribution >= 0.6 is 0 Å². The molecule has 0 saturated heterocycles. The third-order valence-corrected chi connectivity index (χ3v) is 5.59. The molecule has 2 aromatic heterocycles. The lowest BCUT2D eigenvalue weighted by molar-refractivity contribution is -0.122. The van der Waals surface area contributed by atoms with Gasteiger partial charge in [0.25, 0.3) is 5.56 Å². The van der Waals surface area contributed by atoms with E-state index in [4.69, 9.17) is 4.74 Å². The maximum Gasteiger partial charge on any atom is 0.333 e. The Morgan fingerprint density at radius 3 is 2.68 bits per heavy atom. The van der Waals surface area contributed by atoms with Gasteiger partial charge in [-0.1, -0.05) is 31.4 Å². The lowest BCUT2D eigenvalue weighted by atomic mass is 9.95. The molecule has 1 saturated carbocycles. The molecule has 0 unspecified atom stereocenters. The Bertz CT molecular complexity index is 1210. The first-order chi connectivity index (χ1) is 15.1. The van der Waals surface area contributed by atoms with Crippen LogP contribution in [0.5, 0.6) is 5.75 Å². The highest BCUT2D eigenvalue weighted by Gasteiger charge is 2.20. The van der Waals surface area contributed by atoms with Crippen molar-refractivity contribution in [3.05, 3.63) is 63.1 Å². The Labute approximate surface area is 178 Å². The molecular weight excluding hydrogens is 398 g/mol. The van der Waals surface area contributed by atoms with E-state index in [1.165, 1.54) is 23.4 Å². The van der Waals surface area contributed by atoms with Crippen LogP contribution in [-0.2, 0) is 17.9 Å². The van der Waals surface area contributed by atoms with Crippen molar-refractivity contribution >= 4 is 17.1 Å². The van der Waals surface area contributed by atoms with E-state index in [0.717, 1.165) is 35.8 Å². The van der Waals surface area contributed by atoms with Crippen LogP contribution in [0.2, 0.25) is 0 Å². The molecule has 1 fully saturated rings. The number of fused-ring (bicyclic) bond motifs is 1.